The molecule has 0 spiro atoms. The second kappa shape index (κ2) is 8.41. The van der Waals surface area contributed by atoms with E-state index in [0.717, 1.165) is 35.7 Å². The van der Waals surface area contributed by atoms with Gasteiger partial charge in [0.05, 0.1) is 7.11 Å². The van der Waals surface area contributed by atoms with E-state index in [1.54, 1.807) is 18.1 Å². The van der Waals surface area contributed by atoms with E-state index < -0.39 is 0 Å². The van der Waals surface area contributed by atoms with Crippen LogP contribution in [0, 0.1) is 18.3 Å². The Morgan fingerprint density at radius 2 is 1.81 bits per heavy atom. The zero-order valence-corrected chi connectivity index (χ0v) is 15.7. The number of carbonyl (C=O) groups is 1. The molecule has 3 rings (SSSR count). The summed E-state index contributed by atoms with van der Waals surface area (Å²) in [6, 6.07) is 17.8. The maximum absolute atomic E-state index is 12.8. The molecular formula is C22H23N3O2. The van der Waals surface area contributed by atoms with Crippen LogP contribution in [0.25, 0.3) is 6.08 Å². The Labute approximate surface area is 160 Å². The molecule has 0 unspecified atom stereocenters. The number of piperazine rings is 1. The molecule has 27 heavy (non-hydrogen) atoms. The lowest BCUT2D eigenvalue weighted by molar-refractivity contribution is -0.126. The van der Waals surface area contributed by atoms with E-state index in [-0.39, 0.29) is 11.5 Å². The molecule has 0 radical (unpaired) electrons. The SMILES string of the molecule is COc1ccc(/C=C(/C#N)C(=O)N2CCN(c3ccccc3)CC2)cc1C. The lowest BCUT2D eigenvalue weighted by atomic mass is 10.1. The fourth-order valence-corrected chi connectivity index (χ4v) is 3.28. The van der Waals surface area contributed by atoms with Crippen LogP contribution in [0.4, 0.5) is 5.69 Å². The molecule has 0 saturated carbocycles. The standard InChI is InChI=1S/C22H23N3O2/c1-17-14-18(8-9-21(17)27-2)15-19(16-23)22(26)25-12-10-24(11-13-25)20-6-4-3-5-7-20/h3-9,14-15H,10-13H2,1-2H3/b19-15-. The van der Waals surface area contributed by atoms with Crippen molar-refractivity contribution in [2.24, 2.45) is 0 Å². The minimum atomic E-state index is -0.210. The van der Waals surface area contributed by atoms with Crippen LogP contribution in [-0.4, -0.2) is 44.1 Å². The number of anilines is 1. The minimum Gasteiger partial charge on any atom is -0.496 e. The Morgan fingerprint density at radius 3 is 2.41 bits per heavy atom. The van der Waals surface area contributed by atoms with Gasteiger partial charge in [0.1, 0.15) is 17.4 Å². The first-order valence-electron chi connectivity index (χ1n) is 8.98. The van der Waals surface area contributed by atoms with Gasteiger partial charge in [-0.15, -0.1) is 0 Å². The third-order valence-corrected chi connectivity index (χ3v) is 4.77. The second-order valence-electron chi connectivity index (χ2n) is 6.51. The van der Waals surface area contributed by atoms with Crippen LogP contribution < -0.4 is 9.64 Å². The van der Waals surface area contributed by atoms with Crippen LogP contribution in [0.1, 0.15) is 11.1 Å². The van der Waals surface area contributed by atoms with Crippen molar-refractivity contribution >= 4 is 17.7 Å². The molecule has 2 aromatic carbocycles. The van der Waals surface area contributed by atoms with Crippen molar-refractivity contribution in [1.82, 2.24) is 4.90 Å². The highest BCUT2D eigenvalue weighted by Crippen LogP contribution is 2.21. The number of para-hydroxylation sites is 1. The summed E-state index contributed by atoms with van der Waals surface area (Å²) in [5.41, 5.74) is 3.11. The molecule has 0 aromatic heterocycles. The molecule has 1 fully saturated rings. The van der Waals surface area contributed by atoms with Crippen molar-refractivity contribution in [3.05, 3.63) is 65.2 Å². The van der Waals surface area contributed by atoms with Crippen molar-refractivity contribution < 1.29 is 9.53 Å². The molecule has 0 bridgehead atoms. The van der Waals surface area contributed by atoms with Gasteiger partial charge in [-0.1, -0.05) is 24.3 Å². The maximum Gasteiger partial charge on any atom is 0.264 e. The number of nitriles is 1. The molecule has 1 amide bonds. The molecule has 0 atom stereocenters. The molecular weight excluding hydrogens is 338 g/mol. The van der Waals surface area contributed by atoms with Crippen LogP contribution in [0.2, 0.25) is 0 Å². The quantitative estimate of drug-likeness (QED) is 0.620. The number of benzene rings is 2. The molecule has 5 nitrogen and oxygen atoms in total. The van der Waals surface area contributed by atoms with Gasteiger partial charge in [-0.2, -0.15) is 5.26 Å². The minimum absolute atomic E-state index is 0.160. The Hall–Kier alpha value is -3.26. The Bertz CT molecular complexity index is 876. The monoisotopic (exact) mass is 361 g/mol. The molecule has 1 heterocycles. The van der Waals surface area contributed by atoms with Crippen LogP contribution in [0.3, 0.4) is 0 Å². The van der Waals surface area contributed by atoms with Gasteiger partial charge in [0.15, 0.2) is 0 Å². The highest BCUT2D eigenvalue weighted by Gasteiger charge is 2.23. The number of amides is 1. The Morgan fingerprint density at radius 1 is 1.11 bits per heavy atom. The fourth-order valence-electron chi connectivity index (χ4n) is 3.28. The lowest BCUT2D eigenvalue weighted by Gasteiger charge is -2.36. The fraction of sp³-hybridized carbons (Fsp3) is 0.273. The zero-order chi connectivity index (χ0) is 19.2. The molecule has 1 aliphatic rings. The maximum atomic E-state index is 12.8. The number of aryl methyl sites for hydroxylation is 1. The number of carbonyl (C=O) groups excluding carboxylic acids is 1. The average molecular weight is 361 g/mol. The molecule has 0 aliphatic carbocycles. The number of ether oxygens (including phenoxy) is 1. The summed E-state index contributed by atoms with van der Waals surface area (Å²) in [5.74, 6) is 0.577. The van der Waals surface area contributed by atoms with E-state index in [2.05, 4.69) is 23.1 Å². The smallest absolute Gasteiger partial charge is 0.264 e. The highest BCUT2D eigenvalue weighted by atomic mass is 16.5. The van der Waals surface area contributed by atoms with Gasteiger partial charge in [-0.05, 0) is 48.4 Å². The first kappa shape index (κ1) is 18.5. The van der Waals surface area contributed by atoms with Gasteiger partial charge < -0.3 is 14.5 Å². The van der Waals surface area contributed by atoms with E-state index in [0.29, 0.717) is 13.1 Å². The molecule has 2 aromatic rings. The van der Waals surface area contributed by atoms with Crippen molar-refractivity contribution in [3.63, 3.8) is 0 Å². The number of methoxy groups -OCH3 is 1. The van der Waals surface area contributed by atoms with Crippen LogP contribution in [-0.2, 0) is 4.79 Å². The van der Waals surface area contributed by atoms with Crippen LogP contribution in [0.5, 0.6) is 5.75 Å². The van der Waals surface area contributed by atoms with Gasteiger partial charge >= 0.3 is 0 Å². The summed E-state index contributed by atoms with van der Waals surface area (Å²) in [5, 5.41) is 9.49. The third kappa shape index (κ3) is 4.29. The van der Waals surface area contributed by atoms with Gasteiger partial charge in [0.2, 0.25) is 0 Å². The average Bonchev–Trinajstić information content (AvgIpc) is 2.72. The number of nitrogens with zero attached hydrogens (tertiary/aromatic N) is 3. The summed E-state index contributed by atoms with van der Waals surface area (Å²) < 4.78 is 5.25. The van der Waals surface area contributed by atoms with E-state index >= 15 is 0 Å². The largest absolute Gasteiger partial charge is 0.496 e. The van der Waals surface area contributed by atoms with Gasteiger partial charge in [-0.3, -0.25) is 4.79 Å². The van der Waals surface area contributed by atoms with Gasteiger partial charge in [-0.25, -0.2) is 0 Å². The zero-order valence-electron chi connectivity index (χ0n) is 15.7. The number of hydrogen-bond donors (Lipinski definition) is 0. The summed E-state index contributed by atoms with van der Waals surface area (Å²) in [7, 11) is 1.62. The summed E-state index contributed by atoms with van der Waals surface area (Å²) >= 11 is 0. The van der Waals surface area contributed by atoms with Crippen molar-refractivity contribution in [2.75, 3.05) is 38.2 Å². The van der Waals surface area contributed by atoms with Gasteiger partial charge in [0, 0.05) is 31.9 Å². The predicted molar refractivity (Wildman–Crippen MR) is 107 cm³/mol. The number of hydrogen-bond acceptors (Lipinski definition) is 4. The van der Waals surface area contributed by atoms with Crippen molar-refractivity contribution in [1.29, 1.82) is 5.26 Å². The highest BCUT2D eigenvalue weighted by molar-refractivity contribution is 6.01. The number of rotatable bonds is 4. The van der Waals surface area contributed by atoms with Crippen LogP contribution >= 0.6 is 0 Å². The predicted octanol–water partition coefficient (Wildman–Crippen LogP) is 3.26. The first-order chi connectivity index (χ1) is 13.1. The van der Waals surface area contributed by atoms with E-state index in [4.69, 9.17) is 4.74 Å². The third-order valence-electron chi connectivity index (χ3n) is 4.77. The summed E-state index contributed by atoms with van der Waals surface area (Å²) in [6.07, 6.45) is 1.65. The lowest BCUT2D eigenvalue weighted by Crippen LogP contribution is -2.49. The Kier molecular flexibility index (Phi) is 5.77. The van der Waals surface area contributed by atoms with E-state index in [1.165, 1.54) is 0 Å². The Balaban J connectivity index is 1.69. The first-order valence-corrected chi connectivity index (χ1v) is 8.98. The molecule has 138 valence electrons. The van der Waals surface area contributed by atoms with Crippen molar-refractivity contribution in [2.45, 2.75) is 6.92 Å². The van der Waals surface area contributed by atoms with E-state index in [9.17, 15) is 10.1 Å². The molecule has 1 saturated heterocycles. The topological polar surface area (TPSA) is 56.6 Å². The normalized spacial score (nSPS) is 14.6. The van der Waals surface area contributed by atoms with E-state index in [1.807, 2.05) is 43.3 Å². The van der Waals surface area contributed by atoms with Crippen molar-refractivity contribution in [3.8, 4) is 11.8 Å². The second-order valence-corrected chi connectivity index (χ2v) is 6.51. The molecule has 5 heteroatoms. The molecule has 0 N–H and O–H groups in total. The molecule has 1 aliphatic heterocycles. The van der Waals surface area contributed by atoms with Gasteiger partial charge in [0.25, 0.3) is 5.91 Å². The van der Waals surface area contributed by atoms with Crippen LogP contribution in [0.15, 0.2) is 54.1 Å². The summed E-state index contributed by atoms with van der Waals surface area (Å²) in [4.78, 5) is 16.8. The summed E-state index contributed by atoms with van der Waals surface area (Å²) in [6.45, 7) is 4.67.